The lowest BCUT2D eigenvalue weighted by atomic mass is 9.97. The van der Waals surface area contributed by atoms with Crippen LogP contribution >= 0.6 is 0 Å². The summed E-state index contributed by atoms with van der Waals surface area (Å²) in [7, 11) is 0. The largest absolute Gasteiger partial charge is 0.478 e. The van der Waals surface area contributed by atoms with Crippen LogP contribution in [0.2, 0.25) is 0 Å². The van der Waals surface area contributed by atoms with E-state index in [0.29, 0.717) is 5.56 Å². The van der Waals surface area contributed by atoms with Gasteiger partial charge in [-0.25, -0.2) is 9.59 Å². The number of pyridine rings is 1. The number of aromatic nitrogens is 2. The number of rotatable bonds is 4. The highest BCUT2D eigenvalue weighted by molar-refractivity contribution is 5.89. The fourth-order valence-electron chi connectivity index (χ4n) is 3.81. The molecule has 7 heteroatoms. The minimum Gasteiger partial charge on any atom is -0.478 e. The van der Waals surface area contributed by atoms with E-state index in [9.17, 15) is 9.59 Å². The lowest BCUT2D eigenvalue weighted by Gasteiger charge is -2.09. The highest BCUT2D eigenvalue weighted by Gasteiger charge is 2.15. The molecule has 0 fully saturated rings. The topological polar surface area (TPSA) is 114 Å². The summed E-state index contributed by atoms with van der Waals surface area (Å²) in [6.07, 6.45) is 1.75. The van der Waals surface area contributed by atoms with E-state index in [-0.39, 0.29) is 5.56 Å². The molecule has 0 aliphatic heterocycles. The number of hydrogen-bond donors (Lipinski definition) is 2. The Morgan fingerprint density at radius 2 is 1.29 bits per heavy atom. The molecule has 0 amide bonds. The van der Waals surface area contributed by atoms with Gasteiger partial charge in [0, 0.05) is 23.0 Å². The molecule has 0 saturated carbocycles. The van der Waals surface area contributed by atoms with E-state index >= 15 is 0 Å². The number of hydrogen-bond acceptors (Lipinski definition) is 5. The first-order valence-corrected chi connectivity index (χ1v) is 10.6. The molecule has 0 aliphatic carbocycles. The molecule has 4 aromatic rings. The maximum absolute atomic E-state index is 10.9. The Labute approximate surface area is 197 Å². The van der Waals surface area contributed by atoms with Crippen LogP contribution in [0.5, 0.6) is 0 Å². The summed E-state index contributed by atoms with van der Waals surface area (Å²) < 4.78 is 5.12. The molecule has 2 aromatic heterocycles. The van der Waals surface area contributed by atoms with Gasteiger partial charge in [-0.05, 0) is 87.2 Å². The lowest BCUT2D eigenvalue weighted by molar-refractivity contribution is 0.0686. The first kappa shape index (κ1) is 24.4. The normalized spacial score (nSPS) is 10.4. The van der Waals surface area contributed by atoms with Crippen molar-refractivity contribution in [2.45, 2.75) is 34.6 Å². The zero-order chi connectivity index (χ0) is 25.0. The van der Waals surface area contributed by atoms with Gasteiger partial charge in [0.05, 0.1) is 16.8 Å². The molecule has 7 nitrogen and oxygen atoms in total. The van der Waals surface area contributed by atoms with Gasteiger partial charge in [-0.1, -0.05) is 23.4 Å². The van der Waals surface area contributed by atoms with E-state index in [2.05, 4.69) is 10.1 Å². The Bertz CT molecular complexity index is 1350. The number of carboxylic acid groups (broad SMARTS) is 2. The standard InChI is InChI=1S/C14H13NO2.C13H13NO3/c1-9-8-11(14(16)17)5-6-12(9)13-4-3-7-15-10(13)2;1-7-6-10(13(15)16)4-5-11(7)12-8(2)14-17-9(12)3/h3-8H,1-2H3,(H,16,17);4-6H,1-3H3,(H,15,16). The first-order valence-electron chi connectivity index (χ1n) is 10.6. The molecule has 0 unspecified atom stereocenters. The Hall–Kier alpha value is -4.26. The second-order valence-corrected chi connectivity index (χ2v) is 8.01. The summed E-state index contributed by atoms with van der Waals surface area (Å²) in [5.41, 5.74) is 8.19. The van der Waals surface area contributed by atoms with Crippen LogP contribution < -0.4 is 0 Å². The van der Waals surface area contributed by atoms with Crippen molar-refractivity contribution in [2.75, 3.05) is 0 Å². The number of carbonyl (C=O) groups is 2. The van der Waals surface area contributed by atoms with Crippen LogP contribution in [-0.2, 0) is 0 Å². The van der Waals surface area contributed by atoms with Crippen LogP contribution in [0.1, 0.15) is 49.0 Å². The molecular formula is C27H26N2O5. The summed E-state index contributed by atoms with van der Waals surface area (Å²) in [6.45, 7) is 9.46. The first-order chi connectivity index (χ1) is 16.1. The van der Waals surface area contributed by atoms with Gasteiger partial charge in [-0.3, -0.25) is 4.98 Å². The third-order valence-electron chi connectivity index (χ3n) is 5.55. The average Bonchev–Trinajstić information content (AvgIpc) is 3.12. The molecule has 34 heavy (non-hydrogen) atoms. The zero-order valence-corrected chi connectivity index (χ0v) is 19.7. The highest BCUT2D eigenvalue weighted by atomic mass is 16.5. The molecule has 0 saturated heterocycles. The van der Waals surface area contributed by atoms with Crippen LogP contribution in [0.25, 0.3) is 22.3 Å². The molecule has 2 heterocycles. The van der Waals surface area contributed by atoms with Crippen LogP contribution in [-0.4, -0.2) is 32.3 Å². The fraction of sp³-hybridized carbons (Fsp3) is 0.185. The van der Waals surface area contributed by atoms with E-state index in [1.54, 1.807) is 36.5 Å². The number of nitrogens with zero attached hydrogens (tertiary/aromatic N) is 2. The number of benzene rings is 2. The van der Waals surface area contributed by atoms with Crippen molar-refractivity contribution in [3.05, 3.63) is 94.1 Å². The maximum atomic E-state index is 10.9. The molecule has 0 atom stereocenters. The van der Waals surface area contributed by atoms with Gasteiger partial charge in [-0.2, -0.15) is 0 Å². The van der Waals surface area contributed by atoms with Gasteiger partial charge in [0.1, 0.15) is 5.76 Å². The molecule has 2 N–H and O–H groups in total. The molecule has 174 valence electrons. The molecule has 0 spiro atoms. The molecule has 2 aromatic carbocycles. The van der Waals surface area contributed by atoms with Crippen LogP contribution in [0.3, 0.4) is 0 Å². The van der Waals surface area contributed by atoms with Gasteiger partial charge in [-0.15, -0.1) is 0 Å². The second-order valence-electron chi connectivity index (χ2n) is 8.01. The quantitative estimate of drug-likeness (QED) is 0.384. The Kier molecular flexibility index (Phi) is 7.26. The van der Waals surface area contributed by atoms with Gasteiger partial charge in [0.25, 0.3) is 0 Å². The summed E-state index contributed by atoms with van der Waals surface area (Å²) in [6, 6.07) is 14.1. The summed E-state index contributed by atoms with van der Waals surface area (Å²) in [4.78, 5) is 25.9. The second kappa shape index (κ2) is 10.1. The van der Waals surface area contributed by atoms with Crippen molar-refractivity contribution >= 4 is 11.9 Å². The van der Waals surface area contributed by atoms with Crippen molar-refractivity contribution in [3.8, 4) is 22.3 Å². The van der Waals surface area contributed by atoms with Crippen LogP contribution in [0.15, 0.2) is 59.3 Å². The van der Waals surface area contributed by atoms with Crippen molar-refractivity contribution in [2.24, 2.45) is 0 Å². The third-order valence-corrected chi connectivity index (χ3v) is 5.55. The highest BCUT2D eigenvalue weighted by Crippen LogP contribution is 2.30. The van der Waals surface area contributed by atoms with E-state index in [0.717, 1.165) is 50.5 Å². The van der Waals surface area contributed by atoms with Crippen molar-refractivity contribution < 1.29 is 24.3 Å². The zero-order valence-electron chi connectivity index (χ0n) is 19.7. The minimum atomic E-state index is -0.918. The molecule has 0 bridgehead atoms. The SMILES string of the molecule is Cc1cc(C(=O)O)ccc1-c1c(C)noc1C.Cc1cc(C(=O)O)ccc1-c1cccnc1C. The molecule has 0 radical (unpaired) electrons. The predicted octanol–water partition coefficient (Wildman–Crippen LogP) is 6.03. The van der Waals surface area contributed by atoms with Gasteiger partial charge < -0.3 is 14.7 Å². The monoisotopic (exact) mass is 458 g/mol. The molecule has 4 rings (SSSR count). The predicted molar refractivity (Wildman–Crippen MR) is 129 cm³/mol. The van der Waals surface area contributed by atoms with Gasteiger partial charge >= 0.3 is 11.9 Å². The average molecular weight is 459 g/mol. The van der Waals surface area contributed by atoms with Crippen LogP contribution in [0.4, 0.5) is 0 Å². The van der Waals surface area contributed by atoms with Crippen molar-refractivity contribution in [1.29, 1.82) is 0 Å². The lowest BCUT2D eigenvalue weighted by Crippen LogP contribution is -1.98. The maximum Gasteiger partial charge on any atom is 0.335 e. The van der Waals surface area contributed by atoms with Crippen molar-refractivity contribution in [3.63, 3.8) is 0 Å². The molecular weight excluding hydrogens is 432 g/mol. The Morgan fingerprint density at radius 3 is 1.74 bits per heavy atom. The van der Waals surface area contributed by atoms with Crippen LogP contribution in [0, 0.1) is 34.6 Å². The van der Waals surface area contributed by atoms with E-state index in [1.807, 2.05) is 52.8 Å². The van der Waals surface area contributed by atoms with Crippen molar-refractivity contribution in [1.82, 2.24) is 10.1 Å². The smallest absolute Gasteiger partial charge is 0.335 e. The summed E-state index contributed by atoms with van der Waals surface area (Å²) >= 11 is 0. The third kappa shape index (κ3) is 5.20. The van der Waals surface area contributed by atoms with Gasteiger partial charge in [0.2, 0.25) is 0 Å². The number of aromatic carboxylic acids is 2. The summed E-state index contributed by atoms with van der Waals surface area (Å²) in [5.74, 6) is -1.07. The Balaban J connectivity index is 0.000000191. The fourth-order valence-corrected chi connectivity index (χ4v) is 3.81. The molecule has 0 aliphatic rings. The Morgan fingerprint density at radius 1 is 0.735 bits per heavy atom. The van der Waals surface area contributed by atoms with E-state index in [4.69, 9.17) is 14.7 Å². The number of aryl methyl sites for hydroxylation is 5. The number of carboxylic acids is 2. The minimum absolute atomic E-state index is 0.290. The van der Waals surface area contributed by atoms with E-state index < -0.39 is 11.9 Å². The van der Waals surface area contributed by atoms with E-state index in [1.165, 1.54) is 0 Å². The summed E-state index contributed by atoms with van der Waals surface area (Å²) in [5, 5.41) is 21.7. The van der Waals surface area contributed by atoms with Gasteiger partial charge in [0.15, 0.2) is 0 Å².